The number of carbonyl (C=O) groups is 1. The Morgan fingerprint density at radius 1 is 1.17 bits per heavy atom. The van der Waals surface area contributed by atoms with Crippen LogP contribution in [0.3, 0.4) is 0 Å². The fourth-order valence-corrected chi connectivity index (χ4v) is 6.91. The highest BCUT2D eigenvalue weighted by atomic mass is 32.2. The number of amides is 1. The van der Waals surface area contributed by atoms with Gasteiger partial charge in [0.05, 0.1) is 5.75 Å². The van der Waals surface area contributed by atoms with Gasteiger partial charge in [0.25, 0.3) is 0 Å². The number of rotatable bonds is 9. The van der Waals surface area contributed by atoms with E-state index < -0.39 is 5.82 Å². The molecule has 1 amide bonds. The first-order valence-corrected chi connectivity index (χ1v) is 13.7. The summed E-state index contributed by atoms with van der Waals surface area (Å²) >= 11 is 1.38. The Bertz CT molecular complexity index is 1230. The van der Waals surface area contributed by atoms with Gasteiger partial charge in [-0.3, -0.25) is 9.36 Å². The monoisotopic (exact) mass is 508 g/mol. The molecule has 8 heteroatoms. The largest absolute Gasteiger partial charge is 0.483 e. The van der Waals surface area contributed by atoms with E-state index in [2.05, 4.69) is 33.1 Å². The molecule has 36 heavy (non-hydrogen) atoms. The van der Waals surface area contributed by atoms with E-state index in [0.29, 0.717) is 16.9 Å². The molecule has 0 aliphatic heterocycles. The van der Waals surface area contributed by atoms with E-state index in [1.54, 1.807) is 18.2 Å². The third-order valence-corrected chi connectivity index (χ3v) is 8.53. The summed E-state index contributed by atoms with van der Waals surface area (Å²) in [5.74, 6) is 2.68. The van der Waals surface area contributed by atoms with Crippen LogP contribution in [0.15, 0.2) is 47.6 Å². The van der Waals surface area contributed by atoms with Gasteiger partial charge in [-0.15, -0.1) is 10.2 Å². The maximum Gasteiger partial charge on any atom is 0.234 e. The number of carbonyl (C=O) groups excluding carboxylic acids is 1. The molecule has 2 fully saturated rings. The van der Waals surface area contributed by atoms with Crippen molar-refractivity contribution in [3.05, 3.63) is 65.2 Å². The highest BCUT2D eigenvalue weighted by molar-refractivity contribution is 7.99. The molecule has 1 heterocycles. The second kappa shape index (κ2) is 10.6. The van der Waals surface area contributed by atoms with Gasteiger partial charge in [-0.25, -0.2) is 4.39 Å². The van der Waals surface area contributed by atoms with E-state index in [1.165, 1.54) is 43.5 Å². The van der Waals surface area contributed by atoms with E-state index >= 15 is 0 Å². The van der Waals surface area contributed by atoms with Crippen LogP contribution in [0.4, 0.5) is 10.1 Å². The summed E-state index contributed by atoms with van der Waals surface area (Å²) in [5, 5.41) is 12.5. The maximum atomic E-state index is 14.1. The fraction of sp³-hybridized carbons (Fsp3) is 0.464. The van der Waals surface area contributed by atoms with Crippen molar-refractivity contribution in [1.29, 1.82) is 0 Å². The first-order chi connectivity index (χ1) is 17.4. The third-order valence-electron chi connectivity index (χ3n) is 7.59. The molecular formula is C28H33FN4O2S. The van der Waals surface area contributed by atoms with Crippen LogP contribution in [0.5, 0.6) is 5.75 Å². The zero-order chi connectivity index (χ0) is 25.2. The predicted octanol–water partition coefficient (Wildman–Crippen LogP) is 6.34. The van der Waals surface area contributed by atoms with Gasteiger partial charge in [0.1, 0.15) is 6.61 Å². The lowest BCUT2D eigenvalue weighted by Crippen LogP contribution is -2.25. The van der Waals surface area contributed by atoms with Gasteiger partial charge in [0.2, 0.25) is 5.91 Å². The van der Waals surface area contributed by atoms with Crippen molar-refractivity contribution in [2.45, 2.75) is 64.3 Å². The number of aromatic nitrogens is 3. The number of ether oxygens (including phenoxy) is 1. The SMILES string of the molecule is Cc1cc(C)cc(NC(=O)CSc2nnc(COc3ccccc3F)n2[C@H](C)[C@H]2C[C@H]3CC[C@H]2C3)c1. The Morgan fingerprint density at radius 2 is 1.94 bits per heavy atom. The number of para-hydroxylation sites is 1. The number of aryl methyl sites for hydroxylation is 2. The number of hydrogen-bond donors (Lipinski definition) is 1. The molecule has 0 spiro atoms. The van der Waals surface area contributed by atoms with Gasteiger partial charge in [0, 0.05) is 11.7 Å². The molecule has 0 radical (unpaired) electrons. The average Bonchev–Trinajstić information content (AvgIpc) is 3.57. The van der Waals surface area contributed by atoms with Gasteiger partial charge in [0.15, 0.2) is 22.5 Å². The minimum Gasteiger partial charge on any atom is -0.483 e. The van der Waals surface area contributed by atoms with Crippen molar-refractivity contribution in [3.8, 4) is 5.75 Å². The molecule has 4 atom stereocenters. The van der Waals surface area contributed by atoms with Crippen molar-refractivity contribution < 1.29 is 13.9 Å². The van der Waals surface area contributed by atoms with Crippen molar-refractivity contribution in [1.82, 2.24) is 14.8 Å². The van der Waals surface area contributed by atoms with E-state index in [-0.39, 0.29) is 30.1 Å². The van der Waals surface area contributed by atoms with Crippen molar-refractivity contribution in [3.63, 3.8) is 0 Å². The van der Waals surface area contributed by atoms with Gasteiger partial charge >= 0.3 is 0 Å². The second-order valence-electron chi connectivity index (χ2n) is 10.3. The molecule has 3 aromatic rings. The summed E-state index contributed by atoms with van der Waals surface area (Å²) in [6.07, 6.45) is 5.14. The number of fused-ring (bicyclic) bond motifs is 2. The van der Waals surface area contributed by atoms with E-state index in [4.69, 9.17) is 4.74 Å². The third kappa shape index (κ3) is 5.43. The second-order valence-corrected chi connectivity index (χ2v) is 11.2. The van der Waals surface area contributed by atoms with Crippen molar-refractivity contribution in [2.75, 3.05) is 11.1 Å². The Kier molecular flexibility index (Phi) is 7.32. The Balaban J connectivity index is 1.32. The van der Waals surface area contributed by atoms with Crippen LogP contribution in [0, 0.1) is 37.4 Å². The number of nitrogens with one attached hydrogen (secondary N) is 1. The molecular weight excluding hydrogens is 475 g/mol. The van der Waals surface area contributed by atoms with Gasteiger partial charge < -0.3 is 10.1 Å². The number of hydrogen-bond acceptors (Lipinski definition) is 5. The Morgan fingerprint density at radius 3 is 2.64 bits per heavy atom. The minimum absolute atomic E-state index is 0.0868. The van der Waals surface area contributed by atoms with Crippen LogP contribution in [0.2, 0.25) is 0 Å². The normalized spacial score (nSPS) is 21.5. The van der Waals surface area contributed by atoms with Gasteiger partial charge in [-0.1, -0.05) is 36.4 Å². The van der Waals surface area contributed by atoms with Crippen LogP contribution in [-0.4, -0.2) is 26.4 Å². The molecule has 6 nitrogen and oxygen atoms in total. The molecule has 5 rings (SSSR count). The Hall–Kier alpha value is -2.87. The molecule has 190 valence electrons. The number of anilines is 1. The molecule has 0 saturated heterocycles. The molecule has 2 aliphatic rings. The van der Waals surface area contributed by atoms with E-state index in [0.717, 1.165) is 28.7 Å². The van der Waals surface area contributed by atoms with E-state index in [9.17, 15) is 9.18 Å². The fourth-order valence-electron chi connectivity index (χ4n) is 6.07. The molecule has 0 unspecified atom stereocenters. The quantitative estimate of drug-likeness (QED) is 0.342. The lowest BCUT2D eigenvalue weighted by Gasteiger charge is -2.30. The van der Waals surface area contributed by atoms with Crippen LogP contribution >= 0.6 is 11.8 Å². The number of halogens is 1. The first kappa shape index (κ1) is 24.8. The van der Waals surface area contributed by atoms with Crippen LogP contribution in [-0.2, 0) is 11.4 Å². The highest BCUT2D eigenvalue weighted by Gasteiger charge is 2.43. The molecule has 2 aromatic carbocycles. The first-order valence-electron chi connectivity index (χ1n) is 12.7. The lowest BCUT2D eigenvalue weighted by atomic mass is 9.84. The summed E-state index contributed by atoms with van der Waals surface area (Å²) in [5.41, 5.74) is 3.02. The number of benzene rings is 2. The summed E-state index contributed by atoms with van der Waals surface area (Å²) < 4.78 is 22.0. The van der Waals surface area contributed by atoms with Gasteiger partial charge in [-0.2, -0.15) is 0 Å². The minimum atomic E-state index is -0.401. The zero-order valence-electron chi connectivity index (χ0n) is 21.0. The molecule has 2 bridgehead atoms. The van der Waals surface area contributed by atoms with Crippen LogP contribution < -0.4 is 10.1 Å². The molecule has 2 aliphatic carbocycles. The smallest absolute Gasteiger partial charge is 0.234 e. The maximum absolute atomic E-state index is 14.1. The summed E-state index contributed by atoms with van der Waals surface area (Å²) in [4.78, 5) is 12.7. The molecule has 1 aromatic heterocycles. The van der Waals surface area contributed by atoms with Crippen LogP contribution in [0.25, 0.3) is 0 Å². The topological polar surface area (TPSA) is 69.0 Å². The molecule has 1 N–H and O–H groups in total. The highest BCUT2D eigenvalue weighted by Crippen LogP contribution is 2.52. The Labute approximate surface area is 216 Å². The molecule has 2 saturated carbocycles. The summed E-state index contributed by atoms with van der Waals surface area (Å²) in [6.45, 7) is 6.37. The summed E-state index contributed by atoms with van der Waals surface area (Å²) in [6, 6.07) is 12.6. The standard InChI is InChI=1S/C28H33FN4O2S/c1-17-10-18(2)12-22(11-17)30-27(34)16-36-28-32-31-26(15-35-25-7-5-4-6-24(25)29)33(28)19(3)23-14-20-8-9-21(23)13-20/h4-7,10-12,19-21,23H,8-9,13-16H2,1-3H3,(H,30,34)/t19-,20+,21+,23-/m1/s1. The number of thioether (sulfide) groups is 1. The average molecular weight is 509 g/mol. The van der Waals surface area contributed by atoms with Crippen molar-refractivity contribution >= 4 is 23.4 Å². The van der Waals surface area contributed by atoms with E-state index in [1.807, 2.05) is 26.0 Å². The predicted molar refractivity (Wildman–Crippen MR) is 140 cm³/mol. The summed E-state index contributed by atoms with van der Waals surface area (Å²) in [7, 11) is 0. The van der Waals surface area contributed by atoms with Crippen molar-refractivity contribution in [2.24, 2.45) is 17.8 Å². The van der Waals surface area contributed by atoms with Gasteiger partial charge in [-0.05, 0) is 93.2 Å². The number of nitrogens with zero attached hydrogens (tertiary/aromatic N) is 3. The lowest BCUT2D eigenvalue weighted by molar-refractivity contribution is -0.113. The van der Waals surface area contributed by atoms with Crippen LogP contribution in [0.1, 0.15) is 55.6 Å². The zero-order valence-corrected chi connectivity index (χ0v) is 21.9.